The van der Waals surface area contributed by atoms with Gasteiger partial charge >= 0.3 is 0 Å². The van der Waals surface area contributed by atoms with E-state index in [0.29, 0.717) is 30.3 Å². The second-order valence-electron chi connectivity index (χ2n) is 9.56. The normalized spacial score (nSPS) is 13.3. The average molecular weight is 571 g/mol. The van der Waals surface area contributed by atoms with Crippen LogP contribution in [0.3, 0.4) is 0 Å². The Labute approximate surface area is 234 Å². The number of hydrogen-bond donors (Lipinski definition) is 0. The highest BCUT2D eigenvalue weighted by molar-refractivity contribution is 7.92. The minimum absolute atomic E-state index is 0. The number of nitrogens with zero attached hydrogens (tertiary/aromatic N) is 4. The van der Waals surface area contributed by atoms with E-state index in [0.717, 1.165) is 39.9 Å². The Hall–Kier alpha value is -2.98. The number of aryl methyl sites for hydroxylation is 2. The molecule has 1 aliphatic rings. The van der Waals surface area contributed by atoms with Gasteiger partial charge in [-0.2, -0.15) is 0 Å². The van der Waals surface area contributed by atoms with Crippen molar-refractivity contribution in [1.82, 2.24) is 9.88 Å². The van der Waals surface area contributed by atoms with E-state index in [-0.39, 0.29) is 23.2 Å². The van der Waals surface area contributed by atoms with E-state index in [1.807, 2.05) is 62.3 Å². The third kappa shape index (κ3) is 5.56. The van der Waals surface area contributed by atoms with E-state index in [2.05, 4.69) is 6.07 Å². The molecule has 0 saturated carbocycles. The molecule has 0 fully saturated rings. The molecule has 2 heterocycles. The molecule has 0 spiro atoms. The lowest BCUT2D eigenvalue weighted by Gasteiger charge is -2.30. The zero-order chi connectivity index (χ0) is 26.2. The van der Waals surface area contributed by atoms with Crippen LogP contribution in [-0.4, -0.2) is 57.9 Å². The third-order valence-corrected chi connectivity index (χ3v) is 9.40. The van der Waals surface area contributed by atoms with Crippen LogP contribution in [0.1, 0.15) is 27.9 Å². The summed E-state index contributed by atoms with van der Waals surface area (Å²) in [5.74, 6) is -0.204. The molecule has 4 aromatic rings. The largest absolute Gasteiger partial charge is 0.308 e. The van der Waals surface area contributed by atoms with Crippen molar-refractivity contribution in [2.45, 2.75) is 24.7 Å². The minimum atomic E-state index is -3.74. The van der Waals surface area contributed by atoms with Crippen molar-refractivity contribution < 1.29 is 13.2 Å². The fourth-order valence-electron chi connectivity index (χ4n) is 4.52. The minimum Gasteiger partial charge on any atom is -0.308 e. The lowest BCUT2D eigenvalue weighted by atomic mass is 10.0. The lowest BCUT2D eigenvalue weighted by molar-refractivity contribution is 0.0985. The number of thiazole rings is 1. The second kappa shape index (κ2) is 11.4. The Morgan fingerprint density at radius 3 is 2.50 bits per heavy atom. The maximum absolute atomic E-state index is 13.6. The summed E-state index contributed by atoms with van der Waals surface area (Å²) in [4.78, 5) is 22.2. The van der Waals surface area contributed by atoms with E-state index in [1.165, 1.54) is 27.8 Å². The van der Waals surface area contributed by atoms with Gasteiger partial charge in [-0.15, -0.1) is 12.4 Å². The van der Waals surface area contributed by atoms with Crippen LogP contribution >= 0.6 is 23.7 Å². The average Bonchev–Trinajstić information content (AvgIpc) is 3.31. The van der Waals surface area contributed by atoms with Gasteiger partial charge < -0.3 is 4.90 Å². The van der Waals surface area contributed by atoms with Crippen LogP contribution in [0.25, 0.3) is 10.2 Å². The van der Waals surface area contributed by atoms with Gasteiger partial charge in [-0.1, -0.05) is 35.6 Å². The van der Waals surface area contributed by atoms with E-state index < -0.39 is 10.0 Å². The van der Waals surface area contributed by atoms with Gasteiger partial charge in [-0.25, -0.2) is 13.4 Å². The van der Waals surface area contributed by atoms with E-state index in [4.69, 9.17) is 4.98 Å². The predicted molar refractivity (Wildman–Crippen MR) is 158 cm³/mol. The number of hydrogen-bond acceptors (Lipinski definition) is 6. The molecule has 0 N–H and O–H groups in total. The molecule has 1 amide bonds. The Morgan fingerprint density at radius 1 is 1.03 bits per heavy atom. The SMILES string of the molecule is Cc1ccc2nc(N(CCN(C)C)C(=O)c3ccc(S(=O)(=O)N4CCCc5ccccc54)cc3)sc2c1.Cl. The fourth-order valence-corrected chi connectivity index (χ4v) is 7.15. The van der Waals surface area contributed by atoms with Crippen LogP contribution in [0.15, 0.2) is 71.6 Å². The lowest BCUT2D eigenvalue weighted by Crippen LogP contribution is -2.37. The second-order valence-corrected chi connectivity index (χ2v) is 12.4. The summed E-state index contributed by atoms with van der Waals surface area (Å²) in [5.41, 5.74) is 4.19. The molecule has 0 saturated heterocycles. The van der Waals surface area contributed by atoms with E-state index >= 15 is 0 Å². The highest BCUT2D eigenvalue weighted by Gasteiger charge is 2.29. The first-order valence-corrected chi connectivity index (χ1v) is 14.5. The number of carbonyl (C=O) groups excluding carboxylic acids is 1. The Kier molecular flexibility index (Phi) is 8.42. The van der Waals surface area contributed by atoms with Crippen LogP contribution in [0.2, 0.25) is 0 Å². The van der Waals surface area contributed by atoms with Crippen molar-refractivity contribution in [3.05, 3.63) is 83.4 Å². The van der Waals surface area contributed by atoms with Gasteiger partial charge in [0.25, 0.3) is 15.9 Å². The number of aromatic nitrogens is 1. The molecule has 0 aliphatic carbocycles. The molecule has 0 bridgehead atoms. The molecule has 1 aliphatic heterocycles. The summed E-state index contributed by atoms with van der Waals surface area (Å²) >= 11 is 1.49. The zero-order valence-electron chi connectivity index (χ0n) is 21.6. The molecular weight excluding hydrogens is 540 g/mol. The molecule has 10 heteroatoms. The van der Waals surface area contributed by atoms with Gasteiger partial charge in [-0.05, 0) is 87.5 Å². The smallest absolute Gasteiger partial charge is 0.264 e. The van der Waals surface area contributed by atoms with Crippen molar-refractivity contribution in [3.63, 3.8) is 0 Å². The number of amides is 1. The highest BCUT2D eigenvalue weighted by atomic mass is 35.5. The van der Waals surface area contributed by atoms with Crippen LogP contribution < -0.4 is 9.21 Å². The summed E-state index contributed by atoms with van der Waals surface area (Å²) in [5, 5.41) is 0.633. The number of rotatable bonds is 7. The molecule has 3 aromatic carbocycles. The van der Waals surface area contributed by atoms with Crippen LogP contribution in [-0.2, 0) is 16.4 Å². The van der Waals surface area contributed by atoms with Gasteiger partial charge in [-0.3, -0.25) is 14.0 Å². The first kappa shape index (κ1) is 28.0. The first-order valence-electron chi connectivity index (χ1n) is 12.3. The Bertz CT molecular complexity index is 1550. The number of sulfonamides is 1. The number of halogens is 1. The van der Waals surface area contributed by atoms with Gasteiger partial charge in [0.05, 0.1) is 20.8 Å². The molecule has 38 heavy (non-hydrogen) atoms. The first-order chi connectivity index (χ1) is 17.7. The molecule has 0 atom stereocenters. The summed E-state index contributed by atoms with van der Waals surface area (Å²) < 4.78 is 29.5. The van der Waals surface area contributed by atoms with Gasteiger partial charge in [0.15, 0.2) is 5.13 Å². The molecule has 0 unspecified atom stereocenters. The van der Waals surface area contributed by atoms with Crippen LogP contribution in [0.5, 0.6) is 0 Å². The number of para-hydroxylation sites is 1. The maximum atomic E-state index is 13.6. The van der Waals surface area contributed by atoms with E-state index in [1.54, 1.807) is 17.0 Å². The zero-order valence-corrected chi connectivity index (χ0v) is 24.1. The standard InChI is InChI=1S/C28H30N4O3S2.ClH/c1-20-10-15-24-26(19-20)36-28(29-24)31(18-17-30(2)3)27(33)22-11-13-23(14-12-22)37(34,35)32-16-6-8-21-7-4-5-9-25(21)32;/h4-5,7,9-15,19H,6,8,16-18H2,1-3H3;1H. The molecular formula is C28H31ClN4O3S2. The third-order valence-electron chi connectivity index (χ3n) is 6.54. The number of benzene rings is 3. The molecule has 5 rings (SSSR count). The summed E-state index contributed by atoms with van der Waals surface area (Å²) in [7, 11) is 0.180. The van der Waals surface area contributed by atoms with Crippen molar-refractivity contribution in [2.75, 3.05) is 42.9 Å². The monoisotopic (exact) mass is 570 g/mol. The van der Waals surface area contributed by atoms with E-state index in [9.17, 15) is 13.2 Å². The maximum Gasteiger partial charge on any atom is 0.264 e. The van der Waals surface area contributed by atoms with Crippen molar-refractivity contribution in [2.24, 2.45) is 0 Å². The fraction of sp³-hybridized carbons (Fsp3) is 0.286. The number of likely N-dealkylation sites (N-methyl/N-ethyl adjacent to an activating group) is 1. The van der Waals surface area contributed by atoms with Gasteiger partial charge in [0.2, 0.25) is 0 Å². The van der Waals surface area contributed by atoms with Gasteiger partial charge in [0.1, 0.15) is 0 Å². The summed E-state index contributed by atoms with van der Waals surface area (Å²) in [6, 6.07) is 20.0. The quantitative estimate of drug-likeness (QED) is 0.298. The van der Waals surface area contributed by atoms with Gasteiger partial charge in [0, 0.05) is 25.2 Å². The van der Waals surface area contributed by atoms with Crippen molar-refractivity contribution in [1.29, 1.82) is 0 Å². The topological polar surface area (TPSA) is 73.8 Å². The number of fused-ring (bicyclic) bond motifs is 2. The van der Waals surface area contributed by atoms with Crippen molar-refractivity contribution in [3.8, 4) is 0 Å². The van der Waals surface area contributed by atoms with Crippen molar-refractivity contribution >= 4 is 60.7 Å². The molecule has 1 aromatic heterocycles. The Morgan fingerprint density at radius 2 is 1.76 bits per heavy atom. The number of anilines is 2. The highest BCUT2D eigenvalue weighted by Crippen LogP contribution is 2.33. The summed E-state index contributed by atoms with van der Waals surface area (Å²) in [6.07, 6.45) is 1.64. The summed E-state index contributed by atoms with van der Waals surface area (Å²) in [6.45, 7) is 3.61. The van der Waals surface area contributed by atoms with Crippen LogP contribution in [0, 0.1) is 6.92 Å². The van der Waals surface area contributed by atoms with Crippen LogP contribution in [0.4, 0.5) is 10.8 Å². The predicted octanol–water partition coefficient (Wildman–Crippen LogP) is 5.38. The Balaban J connectivity index is 0.00000336. The molecule has 0 radical (unpaired) electrons. The number of carbonyl (C=O) groups is 1. The molecule has 7 nitrogen and oxygen atoms in total. The molecule has 200 valence electrons.